The molecule has 1 unspecified atom stereocenters. The number of carbonyl (C=O) groups excluding carboxylic acids is 1. The topological polar surface area (TPSA) is 72.7 Å². The van der Waals surface area contributed by atoms with Crippen LogP contribution in [0.3, 0.4) is 0 Å². The van der Waals surface area contributed by atoms with Crippen molar-refractivity contribution in [3.05, 3.63) is 107 Å². The maximum atomic E-state index is 13.1. The van der Waals surface area contributed by atoms with E-state index in [1.807, 2.05) is 30.3 Å². The summed E-state index contributed by atoms with van der Waals surface area (Å²) in [6.07, 6.45) is 0. The zero-order chi connectivity index (χ0) is 21.4. The molecule has 5 heteroatoms. The summed E-state index contributed by atoms with van der Waals surface area (Å²) >= 11 is 0. The smallest absolute Gasteiger partial charge is 0.282 e. The molecule has 0 spiro atoms. The van der Waals surface area contributed by atoms with Crippen molar-refractivity contribution in [2.45, 2.75) is 12.8 Å². The van der Waals surface area contributed by atoms with E-state index in [2.05, 4.69) is 76.3 Å². The first kappa shape index (κ1) is 19.2. The highest BCUT2D eigenvalue weighted by molar-refractivity contribution is 6.02. The number of hydrazine groups is 1. The molecule has 2 heterocycles. The predicted molar refractivity (Wildman–Crippen MR) is 125 cm³/mol. The van der Waals surface area contributed by atoms with E-state index in [1.54, 1.807) is 7.05 Å². The summed E-state index contributed by atoms with van der Waals surface area (Å²) in [7, 11) is 1.69. The SMILES string of the molecule is CNNC(=O)c1[nH]c2ccccc2c1C(c1ccccc1)c1c(C)[nH]c2ccccc12. The third-order valence-electron chi connectivity index (χ3n) is 5.87. The van der Waals surface area contributed by atoms with Gasteiger partial charge in [0.15, 0.2) is 0 Å². The molecule has 4 N–H and O–H groups in total. The maximum absolute atomic E-state index is 13.1. The van der Waals surface area contributed by atoms with Gasteiger partial charge in [-0.15, -0.1) is 0 Å². The fourth-order valence-electron chi connectivity index (χ4n) is 4.61. The number of aromatic amines is 2. The molecule has 154 valence electrons. The summed E-state index contributed by atoms with van der Waals surface area (Å²) in [4.78, 5) is 20.0. The van der Waals surface area contributed by atoms with Gasteiger partial charge < -0.3 is 9.97 Å². The van der Waals surface area contributed by atoms with Crippen molar-refractivity contribution in [3.8, 4) is 0 Å². The second-order valence-electron chi connectivity index (χ2n) is 7.72. The van der Waals surface area contributed by atoms with Gasteiger partial charge >= 0.3 is 0 Å². The maximum Gasteiger partial charge on any atom is 0.282 e. The van der Waals surface area contributed by atoms with Crippen molar-refractivity contribution < 1.29 is 4.79 Å². The highest BCUT2D eigenvalue weighted by atomic mass is 16.2. The third-order valence-corrected chi connectivity index (χ3v) is 5.87. The van der Waals surface area contributed by atoms with E-state index in [1.165, 1.54) is 10.9 Å². The summed E-state index contributed by atoms with van der Waals surface area (Å²) in [5, 5.41) is 2.21. The number of H-pyrrole nitrogens is 2. The van der Waals surface area contributed by atoms with E-state index < -0.39 is 0 Å². The Morgan fingerprint density at radius 1 is 0.774 bits per heavy atom. The van der Waals surface area contributed by atoms with Gasteiger partial charge in [-0.25, -0.2) is 5.43 Å². The van der Waals surface area contributed by atoms with Gasteiger partial charge in [-0.1, -0.05) is 66.7 Å². The van der Waals surface area contributed by atoms with Crippen LogP contribution in [0.15, 0.2) is 78.9 Å². The van der Waals surface area contributed by atoms with Crippen LogP contribution >= 0.6 is 0 Å². The lowest BCUT2D eigenvalue weighted by atomic mass is 9.82. The molecule has 1 atom stereocenters. The van der Waals surface area contributed by atoms with Crippen molar-refractivity contribution in [2.75, 3.05) is 7.05 Å². The van der Waals surface area contributed by atoms with Gasteiger partial charge in [0.05, 0.1) is 0 Å². The quantitative estimate of drug-likeness (QED) is 0.309. The average Bonchev–Trinajstić information content (AvgIpc) is 3.33. The first-order valence-electron chi connectivity index (χ1n) is 10.4. The third kappa shape index (κ3) is 3.20. The van der Waals surface area contributed by atoms with Crippen LogP contribution in [0.5, 0.6) is 0 Å². The number of aromatic nitrogens is 2. The number of carbonyl (C=O) groups is 1. The van der Waals surface area contributed by atoms with Gasteiger partial charge in [0, 0.05) is 46.0 Å². The van der Waals surface area contributed by atoms with Gasteiger partial charge in [0.2, 0.25) is 0 Å². The number of fused-ring (bicyclic) bond motifs is 2. The zero-order valence-electron chi connectivity index (χ0n) is 17.5. The van der Waals surface area contributed by atoms with Crippen LogP contribution in [0.4, 0.5) is 0 Å². The molecule has 5 nitrogen and oxygen atoms in total. The van der Waals surface area contributed by atoms with Crippen LogP contribution in [-0.4, -0.2) is 22.9 Å². The molecule has 1 amide bonds. The molecular weight excluding hydrogens is 384 g/mol. The van der Waals surface area contributed by atoms with Crippen molar-refractivity contribution in [2.24, 2.45) is 0 Å². The van der Waals surface area contributed by atoms with Crippen molar-refractivity contribution in [3.63, 3.8) is 0 Å². The average molecular weight is 409 g/mol. The molecule has 0 saturated heterocycles. The highest BCUT2D eigenvalue weighted by Gasteiger charge is 2.30. The number of rotatable bonds is 5. The van der Waals surface area contributed by atoms with E-state index in [0.717, 1.165) is 33.2 Å². The van der Waals surface area contributed by atoms with Crippen LogP contribution in [0, 0.1) is 6.92 Å². The van der Waals surface area contributed by atoms with Gasteiger partial charge in [0.25, 0.3) is 5.91 Å². The Morgan fingerprint density at radius 3 is 2.03 bits per heavy atom. The van der Waals surface area contributed by atoms with Crippen molar-refractivity contribution >= 4 is 27.7 Å². The van der Waals surface area contributed by atoms with E-state index in [4.69, 9.17) is 0 Å². The largest absolute Gasteiger partial charge is 0.358 e. The van der Waals surface area contributed by atoms with E-state index in [0.29, 0.717) is 5.69 Å². The molecule has 0 saturated carbocycles. The Kier molecular flexibility index (Phi) is 4.81. The van der Waals surface area contributed by atoms with Gasteiger partial charge in [0.1, 0.15) is 5.69 Å². The lowest BCUT2D eigenvalue weighted by Gasteiger charge is -2.20. The summed E-state index contributed by atoms with van der Waals surface area (Å²) < 4.78 is 0. The van der Waals surface area contributed by atoms with Crippen molar-refractivity contribution in [1.82, 2.24) is 20.8 Å². The minimum Gasteiger partial charge on any atom is -0.358 e. The summed E-state index contributed by atoms with van der Waals surface area (Å²) in [5.41, 5.74) is 12.5. The fourth-order valence-corrected chi connectivity index (χ4v) is 4.61. The Morgan fingerprint density at radius 2 is 1.35 bits per heavy atom. The number of hydrogen-bond acceptors (Lipinski definition) is 2. The number of aryl methyl sites for hydroxylation is 1. The second kappa shape index (κ2) is 7.78. The zero-order valence-corrected chi connectivity index (χ0v) is 17.5. The summed E-state index contributed by atoms with van der Waals surface area (Å²) in [5.74, 6) is -0.307. The molecule has 0 aliphatic carbocycles. The van der Waals surface area contributed by atoms with E-state index >= 15 is 0 Å². The lowest BCUT2D eigenvalue weighted by Crippen LogP contribution is -2.35. The molecule has 5 aromatic rings. The Hall–Kier alpha value is -3.83. The van der Waals surface area contributed by atoms with Crippen LogP contribution in [0.2, 0.25) is 0 Å². The molecule has 0 aliphatic rings. The molecular formula is C26H24N4O. The highest BCUT2D eigenvalue weighted by Crippen LogP contribution is 2.42. The molecule has 0 aliphatic heterocycles. The van der Waals surface area contributed by atoms with Crippen LogP contribution in [0.25, 0.3) is 21.8 Å². The monoisotopic (exact) mass is 408 g/mol. The first-order valence-corrected chi connectivity index (χ1v) is 10.4. The Balaban J connectivity index is 1.87. The first-order chi connectivity index (χ1) is 15.2. The van der Waals surface area contributed by atoms with Gasteiger partial charge in [-0.05, 0) is 30.2 Å². The minimum atomic E-state index is -0.188. The van der Waals surface area contributed by atoms with Crippen molar-refractivity contribution in [1.29, 1.82) is 0 Å². The normalized spacial score (nSPS) is 12.3. The second-order valence-corrected chi connectivity index (χ2v) is 7.72. The standard InChI is InChI=1S/C26H24N4O/c1-16-22(18-12-6-8-14-20(18)28-16)23(17-10-4-3-5-11-17)24-19-13-7-9-15-21(19)29-25(24)26(31)30-27-2/h3-15,23,27-29H,1-2H3,(H,30,31). The molecule has 3 aromatic carbocycles. The predicted octanol–water partition coefficient (Wildman–Crippen LogP) is 5.00. The molecule has 2 aromatic heterocycles. The molecule has 0 radical (unpaired) electrons. The number of amides is 1. The number of nitrogens with one attached hydrogen (secondary N) is 4. The van der Waals surface area contributed by atoms with Gasteiger partial charge in [-0.3, -0.25) is 10.2 Å². The van der Waals surface area contributed by atoms with Crippen LogP contribution in [0.1, 0.15) is 38.8 Å². The molecule has 0 fully saturated rings. The molecule has 5 rings (SSSR count). The summed E-state index contributed by atoms with van der Waals surface area (Å²) in [6.45, 7) is 2.10. The Bertz CT molecular complexity index is 1380. The van der Waals surface area contributed by atoms with E-state index in [-0.39, 0.29) is 11.8 Å². The van der Waals surface area contributed by atoms with Gasteiger partial charge in [-0.2, -0.15) is 0 Å². The lowest BCUT2D eigenvalue weighted by molar-refractivity contribution is 0.0932. The number of para-hydroxylation sites is 2. The number of benzene rings is 3. The van der Waals surface area contributed by atoms with E-state index in [9.17, 15) is 4.79 Å². The Labute approximate surface area is 180 Å². The molecule has 0 bridgehead atoms. The number of hydrogen-bond donors (Lipinski definition) is 4. The minimum absolute atomic E-state index is 0.119. The van der Waals surface area contributed by atoms with Crippen LogP contribution < -0.4 is 10.9 Å². The molecule has 31 heavy (non-hydrogen) atoms. The fraction of sp³-hybridized carbons (Fsp3) is 0.115. The van der Waals surface area contributed by atoms with Crippen LogP contribution in [-0.2, 0) is 0 Å². The summed E-state index contributed by atoms with van der Waals surface area (Å²) in [6, 6.07) is 26.8.